The molecule has 0 amide bonds. The maximum Gasteiger partial charge on any atom is 0.151 e. The van der Waals surface area contributed by atoms with Crippen LogP contribution in [0.2, 0.25) is 0 Å². The van der Waals surface area contributed by atoms with Gasteiger partial charge < -0.3 is 10.2 Å². The number of rotatable bonds is 7. The van der Waals surface area contributed by atoms with E-state index in [0.29, 0.717) is 6.04 Å². The Labute approximate surface area is 94.0 Å². The largest absolute Gasteiger partial charge is 0.309 e. The smallest absolute Gasteiger partial charge is 0.151 e. The Morgan fingerprint density at radius 3 is 2.13 bits per heavy atom. The van der Waals surface area contributed by atoms with Crippen molar-refractivity contribution in [3.63, 3.8) is 0 Å². The molecule has 0 aromatic heterocycles. The summed E-state index contributed by atoms with van der Waals surface area (Å²) in [4.78, 5) is 2.08. The van der Waals surface area contributed by atoms with Crippen LogP contribution < -0.4 is 5.32 Å². The maximum absolute atomic E-state index is 11.4. The second kappa shape index (κ2) is 6.45. The van der Waals surface area contributed by atoms with E-state index < -0.39 is 9.84 Å². The lowest BCUT2D eigenvalue weighted by Gasteiger charge is -2.22. The lowest BCUT2D eigenvalue weighted by molar-refractivity contribution is 0.338. The average Bonchev–Trinajstić information content (AvgIpc) is 2.00. The van der Waals surface area contributed by atoms with Crippen molar-refractivity contribution in [1.82, 2.24) is 10.2 Å². The molecule has 0 aliphatic carbocycles. The van der Waals surface area contributed by atoms with Gasteiger partial charge in [0.15, 0.2) is 9.84 Å². The van der Waals surface area contributed by atoms with Crippen molar-refractivity contribution in [2.75, 3.05) is 32.1 Å². The monoisotopic (exact) mass is 236 g/mol. The van der Waals surface area contributed by atoms with E-state index >= 15 is 0 Å². The molecule has 0 saturated carbocycles. The van der Waals surface area contributed by atoms with Gasteiger partial charge in [-0.1, -0.05) is 6.92 Å². The van der Waals surface area contributed by atoms with E-state index in [2.05, 4.69) is 17.1 Å². The quantitative estimate of drug-likeness (QED) is 0.693. The Morgan fingerprint density at radius 1 is 1.20 bits per heavy atom. The first-order valence-electron chi connectivity index (χ1n) is 5.38. The zero-order valence-corrected chi connectivity index (χ0v) is 11.3. The first-order valence-corrected chi connectivity index (χ1v) is 7.20. The number of sulfone groups is 1. The minimum Gasteiger partial charge on any atom is -0.309 e. The molecule has 0 saturated heterocycles. The highest BCUT2D eigenvalue weighted by atomic mass is 32.2. The Hall–Kier alpha value is -0.130. The number of nitrogens with one attached hydrogen (secondary N) is 1. The first kappa shape index (κ1) is 14.9. The van der Waals surface area contributed by atoms with Crippen LogP contribution in [-0.2, 0) is 9.84 Å². The molecule has 0 rings (SSSR count). The van der Waals surface area contributed by atoms with Gasteiger partial charge in [0.2, 0.25) is 0 Å². The molecule has 5 heteroatoms. The molecule has 92 valence electrons. The highest BCUT2D eigenvalue weighted by molar-refractivity contribution is 7.91. The van der Waals surface area contributed by atoms with Gasteiger partial charge in [0.05, 0.1) is 5.75 Å². The lowest BCUT2D eigenvalue weighted by atomic mass is 10.2. The van der Waals surface area contributed by atoms with Crippen LogP contribution in [0.15, 0.2) is 0 Å². The molecule has 2 atom stereocenters. The molecule has 0 radical (unpaired) electrons. The molecule has 0 fully saturated rings. The Bertz CT molecular complexity index is 263. The SMILES string of the molecule is CCS(=O)(=O)CC(C)NC(C)CN(C)C. The van der Waals surface area contributed by atoms with E-state index in [0.717, 1.165) is 6.54 Å². The van der Waals surface area contributed by atoms with Crippen molar-refractivity contribution in [3.05, 3.63) is 0 Å². The molecular weight excluding hydrogens is 212 g/mol. The molecule has 0 aromatic rings. The third kappa shape index (κ3) is 7.76. The van der Waals surface area contributed by atoms with Crippen molar-refractivity contribution < 1.29 is 8.42 Å². The van der Waals surface area contributed by atoms with Crippen molar-refractivity contribution >= 4 is 9.84 Å². The van der Waals surface area contributed by atoms with Crippen LogP contribution in [0, 0.1) is 0 Å². The van der Waals surface area contributed by atoms with Gasteiger partial charge in [-0.05, 0) is 27.9 Å². The number of likely N-dealkylation sites (N-methyl/N-ethyl adjacent to an activating group) is 1. The van der Waals surface area contributed by atoms with Crippen LogP contribution in [-0.4, -0.2) is 57.5 Å². The normalized spacial score (nSPS) is 16.7. The molecule has 15 heavy (non-hydrogen) atoms. The third-order valence-corrected chi connectivity index (χ3v) is 4.04. The molecule has 0 aliphatic heterocycles. The summed E-state index contributed by atoms with van der Waals surface area (Å²) in [5.41, 5.74) is 0. The van der Waals surface area contributed by atoms with Crippen LogP contribution in [0.5, 0.6) is 0 Å². The van der Waals surface area contributed by atoms with Gasteiger partial charge >= 0.3 is 0 Å². The van der Waals surface area contributed by atoms with E-state index in [1.165, 1.54) is 0 Å². The Kier molecular flexibility index (Phi) is 6.40. The van der Waals surface area contributed by atoms with Crippen LogP contribution in [0.1, 0.15) is 20.8 Å². The predicted octanol–water partition coefficient (Wildman–Crippen LogP) is 0.349. The zero-order valence-electron chi connectivity index (χ0n) is 10.4. The molecule has 4 nitrogen and oxygen atoms in total. The third-order valence-electron chi connectivity index (χ3n) is 2.15. The van der Waals surface area contributed by atoms with Crippen LogP contribution in [0.4, 0.5) is 0 Å². The minimum absolute atomic E-state index is 0.0184. The summed E-state index contributed by atoms with van der Waals surface area (Å²) >= 11 is 0. The van der Waals surface area contributed by atoms with E-state index in [1.807, 2.05) is 21.0 Å². The summed E-state index contributed by atoms with van der Waals surface area (Å²) in [5.74, 6) is 0.447. The van der Waals surface area contributed by atoms with Gasteiger partial charge in [0.25, 0.3) is 0 Å². The van der Waals surface area contributed by atoms with Crippen molar-refractivity contribution in [2.24, 2.45) is 0 Å². The Morgan fingerprint density at radius 2 is 1.73 bits per heavy atom. The second-order valence-corrected chi connectivity index (χ2v) is 6.83. The van der Waals surface area contributed by atoms with E-state index in [-0.39, 0.29) is 17.5 Å². The highest BCUT2D eigenvalue weighted by Gasteiger charge is 2.15. The molecule has 0 aromatic carbocycles. The molecule has 0 spiro atoms. The summed E-state index contributed by atoms with van der Waals surface area (Å²) < 4.78 is 22.7. The highest BCUT2D eigenvalue weighted by Crippen LogP contribution is 1.96. The average molecular weight is 236 g/mol. The summed E-state index contributed by atoms with van der Waals surface area (Å²) in [6.07, 6.45) is 0. The van der Waals surface area contributed by atoms with Crippen molar-refractivity contribution in [1.29, 1.82) is 0 Å². The molecule has 0 bridgehead atoms. The fourth-order valence-electron chi connectivity index (χ4n) is 1.63. The molecule has 2 unspecified atom stereocenters. The number of hydrogen-bond acceptors (Lipinski definition) is 4. The topological polar surface area (TPSA) is 49.4 Å². The standard InChI is InChI=1S/C10H24N2O2S/c1-6-15(13,14)8-10(3)11-9(2)7-12(4)5/h9-11H,6-8H2,1-5H3. The summed E-state index contributed by atoms with van der Waals surface area (Å²) in [5, 5.41) is 3.28. The van der Waals surface area contributed by atoms with Crippen molar-refractivity contribution in [3.8, 4) is 0 Å². The number of nitrogens with zero attached hydrogens (tertiary/aromatic N) is 1. The van der Waals surface area contributed by atoms with E-state index in [1.54, 1.807) is 6.92 Å². The van der Waals surface area contributed by atoms with Gasteiger partial charge in [0, 0.05) is 24.4 Å². The number of hydrogen-bond donors (Lipinski definition) is 1. The van der Waals surface area contributed by atoms with Gasteiger partial charge in [0.1, 0.15) is 0 Å². The van der Waals surface area contributed by atoms with Crippen LogP contribution in [0.3, 0.4) is 0 Å². The summed E-state index contributed by atoms with van der Waals surface area (Å²) in [6.45, 7) is 6.58. The molecular formula is C10H24N2O2S. The van der Waals surface area contributed by atoms with Crippen LogP contribution >= 0.6 is 0 Å². The van der Waals surface area contributed by atoms with Gasteiger partial charge in [-0.2, -0.15) is 0 Å². The van der Waals surface area contributed by atoms with Gasteiger partial charge in [-0.3, -0.25) is 0 Å². The van der Waals surface area contributed by atoms with Crippen molar-refractivity contribution in [2.45, 2.75) is 32.9 Å². The summed E-state index contributed by atoms with van der Waals surface area (Å²) in [6, 6.07) is 0.326. The summed E-state index contributed by atoms with van der Waals surface area (Å²) in [7, 11) is 1.14. The molecule has 0 heterocycles. The first-order chi connectivity index (χ1) is 6.76. The zero-order chi connectivity index (χ0) is 12.1. The van der Waals surface area contributed by atoms with Gasteiger partial charge in [-0.25, -0.2) is 8.42 Å². The predicted molar refractivity (Wildman–Crippen MR) is 64.9 cm³/mol. The van der Waals surface area contributed by atoms with E-state index in [4.69, 9.17) is 0 Å². The molecule has 0 aliphatic rings. The van der Waals surface area contributed by atoms with Gasteiger partial charge in [-0.15, -0.1) is 0 Å². The van der Waals surface area contributed by atoms with E-state index in [9.17, 15) is 8.42 Å². The molecule has 1 N–H and O–H groups in total. The second-order valence-electron chi connectivity index (χ2n) is 4.43. The van der Waals surface area contributed by atoms with Crippen LogP contribution in [0.25, 0.3) is 0 Å². The minimum atomic E-state index is -2.87. The fraction of sp³-hybridized carbons (Fsp3) is 1.00. The maximum atomic E-state index is 11.4. The lowest BCUT2D eigenvalue weighted by Crippen LogP contribution is -2.43. The fourth-order valence-corrected chi connectivity index (χ4v) is 2.73. The Balaban J connectivity index is 3.98.